The number of aliphatic hydroxyl groups is 1. The zero-order valence-corrected chi connectivity index (χ0v) is 11.4. The van der Waals surface area contributed by atoms with Crippen molar-refractivity contribution in [2.75, 3.05) is 13.2 Å². The average molecular weight is 245 g/mol. The Labute approximate surface area is 109 Å². The predicted molar refractivity (Wildman–Crippen MR) is 73.5 cm³/mol. The number of fused-ring (bicyclic) bond motifs is 1. The molecule has 1 aromatic carbocycles. The van der Waals surface area contributed by atoms with Crippen LogP contribution in [-0.4, -0.2) is 18.3 Å². The summed E-state index contributed by atoms with van der Waals surface area (Å²) in [5.41, 5.74) is 4.53. The van der Waals surface area contributed by atoms with E-state index in [2.05, 4.69) is 37.4 Å². The summed E-state index contributed by atoms with van der Waals surface area (Å²) in [7, 11) is 0. The Hall–Kier alpha value is -0.860. The maximum atomic E-state index is 9.40. The van der Waals surface area contributed by atoms with Gasteiger partial charge in [0, 0.05) is 24.6 Å². The molecule has 2 atom stereocenters. The van der Waals surface area contributed by atoms with Gasteiger partial charge >= 0.3 is 0 Å². The Bertz CT molecular complexity index is 450. The molecule has 0 bridgehead atoms. The van der Waals surface area contributed by atoms with Crippen LogP contribution < -0.4 is 5.32 Å². The maximum Gasteiger partial charge on any atom is 0.0499 e. The summed E-state index contributed by atoms with van der Waals surface area (Å²) >= 11 is 0. The van der Waals surface area contributed by atoms with Crippen LogP contribution in [0.5, 0.6) is 0 Å². The van der Waals surface area contributed by atoms with Crippen molar-refractivity contribution in [3.8, 4) is 0 Å². The van der Waals surface area contributed by atoms with Crippen LogP contribution in [0, 0.1) is 18.3 Å². The van der Waals surface area contributed by atoms with E-state index in [-0.39, 0.29) is 5.41 Å². The molecule has 1 fully saturated rings. The zero-order valence-electron chi connectivity index (χ0n) is 11.4. The third kappa shape index (κ3) is 2.08. The molecule has 0 aromatic heterocycles. The van der Waals surface area contributed by atoms with Crippen LogP contribution in [0.25, 0.3) is 0 Å². The molecule has 2 heteroatoms. The lowest BCUT2D eigenvalue weighted by Crippen LogP contribution is -2.31. The summed E-state index contributed by atoms with van der Waals surface area (Å²) in [5.74, 6) is 0.663. The molecular formula is C16H23NO. The number of rotatable bonds is 4. The maximum absolute atomic E-state index is 9.40. The molecule has 2 unspecified atom stereocenters. The van der Waals surface area contributed by atoms with Crippen LogP contribution in [-0.2, 0) is 6.42 Å². The average Bonchev–Trinajstić information content (AvgIpc) is 3.07. The number of aryl methyl sites for hydroxylation is 1. The quantitative estimate of drug-likeness (QED) is 0.854. The molecule has 0 amide bonds. The number of benzene rings is 1. The molecule has 3 rings (SSSR count). The summed E-state index contributed by atoms with van der Waals surface area (Å²) < 4.78 is 0. The molecular weight excluding hydrogens is 222 g/mol. The van der Waals surface area contributed by atoms with Crippen molar-refractivity contribution in [3.05, 3.63) is 34.9 Å². The lowest BCUT2D eigenvalue weighted by Gasteiger charge is -2.22. The Morgan fingerprint density at radius 1 is 1.39 bits per heavy atom. The molecule has 0 spiro atoms. The summed E-state index contributed by atoms with van der Waals surface area (Å²) in [6.45, 7) is 5.79. The first-order chi connectivity index (χ1) is 8.63. The number of hydrogen-bond acceptors (Lipinski definition) is 2. The first kappa shape index (κ1) is 12.2. The third-order valence-corrected chi connectivity index (χ3v) is 4.74. The highest BCUT2D eigenvalue weighted by Gasteiger charge is 2.42. The van der Waals surface area contributed by atoms with Gasteiger partial charge in [-0.1, -0.05) is 30.7 Å². The summed E-state index contributed by atoms with van der Waals surface area (Å²) in [5, 5.41) is 13.1. The van der Waals surface area contributed by atoms with Gasteiger partial charge in [0.2, 0.25) is 0 Å². The van der Waals surface area contributed by atoms with Crippen LogP contribution in [0.2, 0.25) is 0 Å². The normalized spacial score (nSPS) is 28.2. The van der Waals surface area contributed by atoms with Crippen molar-refractivity contribution in [3.63, 3.8) is 0 Å². The van der Waals surface area contributed by atoms with Crippen LogP contribution >= 0.6 is 0 Å². The summed E-state index contributed by atoms with van der Waals surface area (Å²) in [4.78, 5) is 0. The fourth-order valence-corrected chi connectivity index (χ4v) is 3.17. The largest absolute Gasteiger partial charge is 0.396 e. The van der Waals surface area contributed by atoms with Crippen molar-refractivity contribution in [2.45, 2.75) is 39.2 Å². The minimum atomic E-state index is 0.201. The van der Waals surface area contributed by atoms with Crippen molar-refractivity contribution in [1.82, 2.24) is 5.32 Å². The molecule has 2 aliphatic rings. The van der Waals surface area contributed by atoms with Gasteiger partial charge in [0.1, 0.15) is 0 Å². The minimum Gasteiger partial charge on any atom is -0.396 e. The first-order valence-corrected chi connectivity index (χ1v) is 7.07. The van der Waals surface area contributed by atoms with E-state index in [0.29, 0.717) is 18.6 Å². The van der Waals surface area contributed by atoms with Crippen molar-refractivity contribution in [1.29, 1.82) is 0 Å². The Balaban J connectivity index is 1.75. The SMILES string of the molecule is Cc1ccc2c(c1)C(NCC1(CO)CC1)C(C)C2. The van der Waals surface area contributed by atoms with Gasteiger partial charge in [0.05, 0.1) is 0 Å². The minimum absolute atomic E-state index is 0.201. The Morgan fingerprint density at radius 2 is 2.17 bits per heavy atom. The second-order valence-electron chi connectivity index (χ2n) is 6.40. The monoisotopic (exact) mass is 245 g/mol. The molecule has 0 aliphatic heterocycles. The topological polar surface area (TPSA) is 32.3 Å². The molecule has 1 aromatic rings. The van der Waals surface area contributed by atoms with E-state index in [4.69, 9.17) is 0 Å². The highest BCUT2D eigenvalue weighted by atomic mass is 16.3. The Morgan fingerprint density at radius 3 is 2.83 bits per heavy atom. The Kier molecular flexibility index (Phi) is 2.95. The van der Waals surface area contributed by atoms with Crippen LogP contribution in [0.1, 0.15) is 42.5 Å². The van der Waals surface area contributed by atoms with E-state index in [1.807, 2.05) is 0 Å². The van der Waals surface area contributed by atoms with E-state index >= 15 is 0 Å². The fraction of sp³-hybridized carbons (Fsp3) is 0.625. The molecule has 1 saturated carbocycles. The molecule has 0 radical (unpaired) electrons. The highest BCUT2D eigenvalue weighted by Crippen LogP contribution is 2.45. The van der Waals surface area contributed by atoms with E-state index in [1.165, 1.54) is 36.0 Å². The standard InChI is InChI=1S/C16H23NO/c1-11-3-4-13-8-12(2)15(14(13)7-11)17-9-16(10-18)5-6-16/h3-4,7,12,15,17-18H,5-6,8-10H2,1-2H3. The number of nitrogens with one attached hydrogen (secondary N) is 1. The van der Waals surface area contributed by atoms with Crippen molar-refractivity contribution < 1.29 is 5.11 Å². The summed E-state index contributed by atoms with van der Waals surface area (Å²) in [6, 6.07) is 7.30. The van der Waals surface area contributed by atoms with E-state index in [1.54, 1.807) is 0 Å². The third-order valence-electron chi connectivity index (χ3n) is 4.74. The highest BCUT2D eigenvalue weighted by molar-refractivity contribution is 5.38. The van der Waals surface area contributed by atoms with Gasteiger partial charge in [-0.3, -0.25) is 0 Å². The van der Waals surface area contributed by atoms with Gasteiger partial charge < -0.3 is 10.4 Å². The smallest absolute Gasteiger partial charge is 0.0499 e. The fourth-order valence-electron chi connectivity index (χ4n) is 3.17. The van der Waals surface area contributed by atoms with Gasteiger partial charge in [-0.2, -0.15) is 0 Å². The van der Waals surface area contributed by atoms with E-state index in [0.717, 1.165) is 6.54 Å². The van der Waals surface area contributed by atoms with Gasteiger partial charge in [-0.25, -0.2) is 0 Å². The molecule has 2 nitrogen and oxygen atoms in total. The van der Waals surface area contributed by atoms with E-state index in [9.17, 15) is 5.11 Å². The lowest BCUT2D eigenvalue weighted by atomic mass is 10.00. The number of aliphatic hydroxyl groups excluding tert-OH is 1. The van der Waals surface area contributed by atoms with Gasteiger partial charge in [-0.05, 0) is 43.2 Å². The number of hydrogen-bond donors (Lipinski definition) is 2. The van der Waals surface area contributed by atoms with Crippen LogP contribution in [0.15, 0.2) is 18.2 Å². The van der Waals surface area contributed by atoms with Crippen LogP contribution in [0.3, 0.4) is 0 Å². The summed E-state index contributed by atoms with van der Waals surface area (Å²) in [6.07, 6.45) is 3.54. The van der Waals surface area contributed by atoms with Crippen molar-refractivity contribution in [2.24, 2.45) is 11.3 Å². The van der Waals surface area contributed by atoms with Gasteiger partial charge in [-0.15, -0.1) is 0 Å². The molecule has 0 saturated heterocycles. The molecule has 18 heavy (non-hydrogen) atoms. The van der Waals surface area contributed by atoms with Crippen LogP contribution in [0.4, 0.5) is 0 Å². The van der Waals surface area contributed by atoms with Gasteiger partial charge in [0.15, 0.2) is 0 Å². The molecule has 2 aliphatic carbocycles. The first-order valence-electron chi connectivity index (χ1n) is 7.07. The molecule has 98 valence electrons. The van der Waals surface area contributed by atoms with E-state index < -0.39 is 0 Å². The molecule has 0 heterocycles. The second-order valence-corrected chi connectivity index (χ2v) is 6.40. The van der Waals surface area contributed by atoms with Gasteiger partial charge in [0.25, 0.3) is 0 Å². The lowest BCUT2D eigenvalue weighted by molar-refractivity contribution is 0.200. The molecule has 2 N–H and O–H groups in total. The zero-order chi connectivity index (χ0) is 12.8. The predicted octanol–water partition coefficient (Wildman–Crippen LogP) is 2.59. The van der Waals surface area contributed by atoms with Crippen molar-refractivity contribution >= 4 is 0 Å². The second kappa shape index (κ2) is 4.36.